The number of halogens is 2. The first-order valence-electron chi connectivity index (χ1n) is 7.72. The molecule has 0 unspecified atom stereocenters. The number of amides is 1. The molecule has 1 aromatic rings. The molecule has 0 aromatic heterocycles. The predicted octanol–water partition coefficient (Wildman–Crippen LogP) is 2.58. The van der Waals surface area contributed by atoms with Crippen molar-refractivity contribution in [2.24, 2.45) is 5.41 Å². The number of aliphatic hydroxyl groups is 1. The molecule has 0 radical (unpaired) electrons. The molecule has 1 amide bonds. The van der Waals surface area contributed by atoms with Gasteiger partial charge in [0, 0.05) is 18.5 Å². The van der Waals surface area contributed by atoms with Crippen LogP contribution >= 0.6 is 0 Å². The van der Waals surface area contributed by atoms with Gasteiger partial charge in [0.2, 0.25) is 5.91 Å². The summed E-state index contributed by atoms with van der Waals surface area (Å²) in [5, 5.41) is 19.1. The van der Waals surface area contributed by atoms with Crippen molar-refractivity contribution in [3.05, 3.63) is 29.8 Å². The van der Waals surface area contributed by atoms with Crippen LogP contribution in [0.5, 0.6) is 5.75 Å². The zero-order valence-corrected chi connectivity index (χ0v) is 13.4. The van der Waals surface area contributed by atoms with Crippen LogP contribution in [0.3, 0.4) is 0 Å². The smallest absolute Gasteiger partial charge is 0.266 e. The summed E-state index contributed by atoms with van der Waals surface area (Å²) in [6.45, 7) is 3.91. The van der Waals surface area contributed by atoms with Crippen molar-refractivity contribution >= 4 is 5.91 Å². The highest BCUT2D eigenvalue weighted by atomic mass is 19.3. The Balaban J connectivity index is 2.00. The number of aromatic hydroxyl groups is 1. The van der Waals surface area contributed by atoms with E-state index in [2.05, 4.69) is 0 Å². The monoisotopic (exact) mass is 327 g/mol. The number of likely N-dealkylation sites (tertiary alicyclic amines) is 1. The van der Waals surface area contributed by atoms with Crippen molar-refractivity contribution in [3.8, 4) is 5.75 Å². The maximum Gasteiger partial charge on any atom is 0.266 e. The summed E-state index contributed by atoms with van der Waals surface area (Å²) in [6.07, 6.45) is -2.51. The second-order valence-corrected chi connectivity index (χ2v) is 6.92. The number of carbonyl (C=O) groups is 1. The minimum absolute atomic E-state index is 0.105. The molecule has 4 nitrogen and oxygen atoms in total. The van der Waals surface area contributed by atoms with Gasteiger partial charge in [0.1, 0.15) is 11.4 Å². The topological polar surface area (TPSA) is 60.8 Å². The molecular formula is C17H23F2NO3. The van der Waals surface area contributed by atoms with E-state index in [-0.39, 0.29) is 37.6 Å². The van der Waals surface area contributed by atoms with E-state index >= 15 is 0 Å². The number of carbonyl (C=O) groups excluding carboxylic acids is 1. The van der Waals surface area contributed by atoms with Crippen LogP contribution in [-0.4, -0.2) is 46.1 Å². The summed E-state index contributed by atoms with van der Waals surface area (Å²) < 4.78 is 25.6. The van der Waals surface area contributed by atoms with Crippen molar-refractivity contribution < 1.29 is 23.8 Å². The van der Waals surface area contributed by atoms with Crippen molar-refractivity contribution in [1.82, 2.24) is 4.90 Å². The predicted molar refractivity (Wildman–Crippen MR) is 82.4 cm³/mol. The third-order valence-corrected chi connectivity index (χ3v) is 4.48. The van der Waals surface area contributed by atoms with Gasteiger partial charge in [-0.3, -0.25) is 4.79 Å². The van der Waals surface area contributed by atoms with Gasteiger partial charge in [0.25, 0.3) is 6.43 Å². The molecular weight excluding hydrogens is 304 g/mol. The SMILES string of the molecule is CC(C)(Cc1ccc(O)cc1)C(=O)N1CCC(O)(C(F)F)CC1. The second kappa shape index (κ2) is 6.43. The minimum atomic E-state index is -2.79. The maximum atomic E-state index is 12.8. The average Bonchev–Trinajstić information content (AvgIpc) is 2.49. The van der Waals surface area contributed by atoms with E-state index in [1.54, 1.807) is 29.2 Å². The quantitative estimate of drug-likeness (QED) is 0.893. The van der Waals surface area contributed by atoms with Gasteiger partial charge in [0.05, 0.1) is 0 Å². The third-order valence-electron chi connectivity index (χ3n) is 4.48. The van der Waals surface area contributed by atoms with Crippen molar-refractivity contribution in [2.75, 3.05) is 13.1 Å². The van der Waals surface area contributed by atoms with Crippen molar-refractivity contribution in [1.29, 1.82) is 0 Å². The van der Waals surface area contributed by atoms with Crippen LogP contribution in [0.2, 0.25) is 0 Å². The van der Waals surface area contributed by atoms with Gasteiger partial charge in [-0.1, -0.05) is 26.0 Å². The molecule has 0 bridgehead atoms. The van der Waals surface area contributed by atoms with Crippen LogP contribution in [0.25, 0.3) is 0 Å². The van der Waals surface area contributed by atoms with Gasteiger partial charge < -0.3 is 15.1 Å². The van der Waals surface area contributed by atoms with Gasteiger partial charge in [-0.05, 0) is 37.0 Å². The standard InChI is InChI=1S/C17H23F2NO3/c1-16(2,11-12-3-5-13(21)6-4-12)15(22)20-9-7-17(23,8-10-20)14(18)19/h3-6,14,21,23H,7-11H2,1-2H3. The number of hydrogen-bond donors (Lipinski definition) is 2. The first-order chi connectivity index (χ1) is 10.6. The van der Waals surface area contributed by atoms with Crippen molar-refractivity contribution in [3.63, 3.8) is 0 Å². The Bertz CT molecular complexity index is 549. The van der Waals surface area contributed by atoms with E-state index in [1.165, 1.54) is 0 Å². The zero-order valence-electron chi connectivity index (χ0n) is 13.4. The van der Waals surface area contributed by atoms with E-state index in [9.17, 15) is 23.8 Å². The summed E-state index contributed by atoms with van der Waals surface area (Å²) in [7, 11) is 0. The Morgan fingerprint density at radius 1 is 1.26 bits per heavy atom. The lowest BCUT2D eigenvalue weighted by Gasteiger charge is -2.40. The van der Waals surface area contributed by atoms with Gasteiger partial charge in [-0.25, -0.2) is 8.78 Å². The molecule has 2 rings (SSSR count). The molecule has 1 fully saturated rings. The Labute approximate surface area is 134 Å². The Kier molecular flexibility index (Phi) is 4.94. The molecule has 2 N–H and O–H groups in total. The maximum absolute atomic E-state index is 12.8. The fraction of sp³-hybridized carbons (Fsp3) is 0.588. The summed E-state index contributed by atoms with van der Waals surface area (Å²) >= 11 is 0. The Morgan fingerprint density at radius 2 is 1.78 bits per heavy atom. The van der Waals surface area contributed by atoms with Crippen LogP contribution in [0.15, 0.2) is 24.3 Å². The number of benzene rings is 1. The number of alkyl halides is 2. The molecule has 0 spiro atoms. The van der Waals surface area contributed by atoms with Gasteiger partial charge in [0.15, 0.2) is 0 Å². The Hall–Kier alpha value is -1.69. The molecule has 1 aliphatic heterocycles. The lowest BCUT2D eigenvalue weighted by molar-refractivity contribution is -0.154. The molecule has 6 heteroatoms. The summed E-state index contributed by atoms with van der Waals surface area (Å²) in [5.41, 5.74) is -1.74. The summed E-state index contributed by atoms with van der Waals surface area (Å²) in [5.74, 6) is 0.0575. The summed E-state index contributed by atoms with van der Waals surface area (Å²) in [4.78, 5) is 14.2. The number of phenols is 1. The van der Waals surface area contributed by atoms with Crippen LogP contribution in [-0.2, 0) is 11.2 Å². The first-order valence-corrected chi connectivity index (χ1v) is 7.72. The van der Waals surface area contributed by atoms with E-state index in [1.807, 2.05) is 13.8 Å². The molecule has 128 valence electrons. The van der Waals surface area contributed by atoms with E-state index < -0.39 is 17.4 Å². The molecule has 0 saturated carbocycles. The molecule has 1 aromatic carbocycles. The minimum Gasteiger partial charge on any atom is -0.508 e. The highest BCUT2D eigenvalue weighted by Gasteiger charge is 2.43. The highest BCUT2D eigenvalue weighted by Crippen LogP contribution is 2.32. The molecule has 1 aliphatic rings. The molecule has 0 aliphatic carbocycles. The van der Waals surface area contributed by atoms with Crippen LogP contribution in [0.4, 0.5) is 8.78 Å². The van der Waals surface area contributed by atoms with Crippen molar-refractivity contribution in [2.45, 2.75) is 45.1 Å². The summed E-state index contributed by atoms with van der Waals surface area (Å²) in [6, 6.07) is 6.66. The van der Waals surface area contributed by atoms with Crippen LogP contribution in [0, 0.1) is 5.41 Å². The van der Waals surface area contributed by atoms with Gasteiger partial charge >= 0.3 is 0 Å². The lowest BCUT2D eigenvalue weighted by Crippen LogP contribution is -2.53. The Morgan fingerprint density at radius 3 is 2.26 bits per heavy atom. The van der Waals surface area contributed by atoms with Crippen LogP contribution < -0.4 is 0 Å². The molecule has 1 saturated heterocycles. The third kappa shape index (κ3) is 3.99. The van der Waals surface area contributed by atoms with E-state index in [0.29, 0.717) is 6.42 Å². The van der Waals surface area contributed by atoms with Gasteiger partial charge in [-0.2, -0.15) is 0 Å². The molecule has 0 atom stereocenters. The fourth-order valence-electron chi connectivity index (χ4n) is 2.94. The zero-order chi connectivity index (χ0) is 17.3. The number of piperidine rings is 1. The fourth-order valence-corrected chi connectivity index (χ4v) is 2.94. The number of phenolic OH excluding ortho intramolecular Hbond substituents is 1. The molecule has 23 heavy (non-hydrogen) atoms. The number of nitrogens with zero attached hydrogens (tertiary/aromatic N) is 1. The molecule has 1 heterocycles. The number of rotatable bonds is 4. The van der Waals surface area contributed by atoms with E-state index in [0.717, 1.165) is 5.56 Å². The first kappa shape index (κ1) is 17.7. The van der Waals surface area contributed by atoms with Gasteiger partial charge in [-0.15, -0.1) is 0 Å². The largest absolute Gasteiger partial charge is 0.508 e. The average molecular weight is 327 g/mol. The van der Waals surface area contributed by atoms with E-state index in [4.69, 9.17) is 0 Å². The lowest BCUT2D eigenvalue weighted by atomic mass is 9.82. The second-order valence-electron chi connectivity index (χ2n) is 6.92. The van der Waals surface area contributed by atoms with Crippen LogP contribution in [0.1, 0.15) is 32.3 Å². The number of hydrogen-bond acceptors (Lipinski definition) is 3. The highest BCUT2D eigenvalue weighted by molar-refractivity contribution is 5.82. The normalized spacial score (nSPS) is 18.3.